The average Bonchev–Trinajstić information content (AvgIpc) is 3.40. The smallest absolute Gasteiger partial charge is 0.341 e. The van der Waals surface area contributed by atoms with Gasteiger partial charge in [0.1, 0.15) is 18.8 Å². The minimum atomic E-state index is -1.56. The Hall–Kier alpha value is -3.37. The maximum absolute atomic E-state index is 13.5. The Balaban J connectivity index is 1.33. The fourth-order valence-corrected chi connectivity index (χ4v) is 5.62. The Morgan fingerprint density at radius 3 is 1.76 bits per heavy atom. The quantitative estimate of drug-likeness (QED) is 0.176. The average molecular weight is 632 g/mol. The highest BCUT2D eigenvalue weighted by Crippen LogP contribution is 2.43. The maximum atomic E-state index is 13.5. The van der Waals surface area contributed by atoms with Gasteiger partial charge in [-0.1, -0.05) is 103 Å². The first-order chi connectivity index (χ1) is 20.6. The van der Waals surface area contributed by atoms with Gasteiger partial charge in [0.05, 0.1) is 25.4 Å². The molecule has 0 amide bonds. The third kappa shape index (κ3) is 6.49. The minimum absolute atomic E-state index is 0.0380. The van der Waals surface area contributed by atoms with Crippen LogP contribution in [0.15, 0.2) is 120 Å². The molecule has 2 fully saturated rings. The van der Waals surface area contributed by atoms with E-state index in [2.05, 4.69) is 15.9 Å². The second-order valence-electron chi connectivity index (χ2n) is 10.2. The van der Waals surface area contributed by atoms with Crippen molar-refractivity contribution in [3.63, 3.8) is 0 Å². The molecule has 0 spiro atoms. The van der Waals surface area contributed by atoms with Crippen LogP contribution in [0.25, 0.3) is 0 Å². The number of halogens is 1. The number of rotatable bonds is 11. The van der Waals surface area contributed by atoms with E-state index in [-0.39, 0.29) is 13.2 Å². The Morgan fingerprint density at radius 2 is 1.19 bits per heavy atom. The predicted molar refractivity (Wildman–Crippen MR) is 158 cm³/mol. The molecular formula is C34H31BrO7. The van der Waals surface area contributed by atoms with Crippen molar-refractivity contribution in [1.82, 2.24) is 0 Å². The molecule has 42 heavy (non-hydrogen) atoms. The Labute approximate surface area is 253 Å². The summed E-state index contributed by atoms with van der Waals surface area (Å²) < 4.78 is 38.8. The van der Waals surface area contributed by atoms with Crippen LogP contribution in [0.3, 0.4) is 0 Å². The monoisotopic (exact) mass is 630 g/mol. The summed E-state index contributed by atoms with van der Waals surface area (Å²) in [5.41, 5.74) is 3.30. The first kappa shape index (κ1) is 28.7. The first-order valence-corrected chi connectivity index (χ1v) is 14.6. The number of carbonyl (C=O) groups excluding carboxylic acids is 1. The Bertz CT molecular complexity index is 1450. The molecular weight excluding hydrogens is 600 g/mol. The summed E-state index contributed by atoms with van der Waals surface area (Å²) in [5.74, 6) is -2.12. The third-order valence-electron chi connectivity index (χ3n) is 7.29. The summed E-state index contributed by atoms with van der Waals surface area (Å²) in [6.45, 7) is 0.812. The number of esters is 1. The molecule has 2 aliphatic rings. The zero-order valence-corrected chi connectivity index (χ0v) is 24.4. The fraction of sp³-hybridized carbons (Fsp3) is 0.265. The number of ether oxygens (including phenoxy) is 6. The molecule has 0 unspecified atom stereocenters. The summed E-state index contributed by atoms with van der Waals surface area (Å²) in [6, 6.07) is 36.6. The number of hydrogen-bond acceptors (Lipinski definition) is 7. The van der Waals surface area contributed by atoms with Gasteiger partial charge < -0.3 is 28.4 Å². The fourth-order valence-electron chi connectivity index (χ4n) is 5.17. The molecule has 0 N–H and O–H groups in total. The molecule has 0 aliphatic carbocycles. The van der Waals surface area contributed by atoms with Crippen molar-refractivity contribution in [2.24, 2.45) is 0 Å². The lowest BCUT2D eigenvalue weighted by molar-refractivity contribution is -0.343. The highest BCUT2D eigenvalue weighted by Gasteiger charge is 2.64. The standard InChI is InChI=1S/C34H31BrO7/c35-28-19-11-10-18-27(28)32(36)41-34-23-40-33(42-34)30(38-21-25-14-6-2-7-15-25)29(37-20-24-12-4-1-5-13-24)31(34)39-22-26-16-8-3-9-17-26/h1-19,29-31,33H,20-23H2/t29-,30-,31+,33+,34+/m1/s1. The van der Waals surface area contributed by atoms with Crippen LogP contribution in [0, 0.1) is 0 Å². The molecule has 4 aromatic carbocycles. The zero-order valence-electron chi connectivity index (χ0n) is 22.8. The molecule has 216 valence electrons. The molecule has 8 heteroatoms. The van der Waals surface area contributed by atoms with Gasteiger partial charge >= 0.3 is 5.97 Å². The van der Waals surface area contributed by atoms with Crippen molar-refractivity contribution in [3.8, 4) is 0 Å². The van der Waals surface area contributed by atoms with Crippen molar-refractivity contribution < 1.29 is 33.2 Å². The van der Waals surface area contributed by atoms with Gasteiger partial charge in [0.2, 0.25) is 0 Å². The highest BCUT2D eigenvalue weighted by atomic mass is 79.9. The zero-order chi connectivity index (χ0) is 28.8. The minimum Gasteiger partial charge on any atom is -0.424 e. The van der Waals surface area contributed by atoms with E-state index < -0.39 is 36.4 Å². The van der Waals surface area contributed by atoms with Crippen LogP contribution < -0.4 is 0 Å². The van der Waals surface area contributed by atoms with E-state index in [4.69, 9.17) is 28.4 Å². The van der Waals surface area contributed by atoms with Crippen molar-refractivity contribution in [3.05, 3.63) is 142 Å². The molecule has 5 atom stereocenters. The number of carbonyl (C=O) groups is 1. The van der Waals surface area contributed by atoms with Crippen LogP contribution in [-0.4, -0.2) is 43.0 Å². The van der Waals surface area contributed by atoms with Crippen LogP contribution in [0.5, 0.6) is 0 Å². The third-order valence-corrected chi connectivity index (χ3v) is 7.98. The van der Waals surface area contributed by atoms with Crippen molar-refractivity contribution in [2.75, 3.05) is 6.61 Å². The topological polar surface area (TPSA) is 72.5 Å². The van der Waals surface area contributed by atoms with E-state index in [9.17, 15) is 4.79 Å². The van der Waals surface area contributed by atoms with E-state index in [0.717, 1.165) is 16.7 Å². The number of hydrogen-bond donors (Lipinski definition) is 0. The number of benzene rings is 4. The predicted octanol–water partition coefficient (Wildman–Crippen LogP) is 6.44. The molecule has 2 aliphatic heterocycles. The molecule has 6 rings (SSSR count). The molecule has 2 bridgehead atoms. The molecule has 0 saturated carbocycles. The Morgan fingerprint density at radius 1 is 0.690 bits per heavy atom. The van der Waals surface area contributed by atoms with Crippen LogP contribution >= 0.6 is 15.9 Å². The Kier molecular flexibility index (Phi) is 9.09. The van der Waals surface area contributed by atoms with Gasteiger partial charge in [0.25, 0.3) is 5.79 Å². The molecule has 4 aromatic rings. The molecule has 2 heterocycles. The molecule has 0 aromatic heterocycles. The lowest BCUT2D eigenvalue weighted by Gasteiger charge is -2.45. The summed E-state index contributed by atoms with van der Waals surface area (Å²) in [6.07, 6.45) is -3.05. The largest absolute Gasteiger partial charge is 0.424 e. The first-order valence-electron chi connectivity index (χ1n) is 13.9. The maximum Gasteiger partial charge on any atom is 0.341 e. The van der Waals surface area contributed by atoms with Gasteiger partial charge in [0.15, 0.2) is 12.4 Å². The summed E-state index contributed by atoms with van der Waals surface area (Å²) in [7, 11) is 0. The van der Waals surface area contributed by atoms with Gasteiger partial charge in [-0.2, -0.15) is 0 Å². The SMILES string of the molecule is O=C(O[C@@]12CO[C@@H](O1)[C@H](OCc1ccccc1)[C@@H](OCc1ccccc1)[C@@H]2OCc1ccccc1)c1ccccc1Br. The molecule has 7 nitrogen and oxygen atoms in total. The van der Waals surface area contributed by atoms with Gasteiger partial charge in [-0.15, -0.1) is 0 Å². The van der Waals surface area contributed by atoms with E-state index in [1.54, 1.807) is 18.2 Å². The van der Waals surface area contributed by atoms with Gasteiger partial charge in [-0.25, -0.2) is 4.79 Å². The second kappa shape index (κ2) is 13.3. The van der Waals surface area contributed by atoms with Crippen molar-refractivity contribution in [2.45, 2.75) is 50.2 Å². The molecule has 2 saturated heterocycles. The van der Waals surface area contributed by atoms with Crippen LogP contribution in [0.1, 0.15) is 27.0 Å². The number of fused-ring (bicyclic) bond motifs is 2. The van der Waals surface area contributed by atoms with E-state index in [0.29, 0.717) is 23.2 Å². The van der Waals surface area contributed by atoms with Crippen LogP contribution in [0.2, 0.25) is 0 Å². The van der Waals surface area contributed by atoms with Crippen molar-refractivity contribution in [1.29, 1.82) is 0 Å². The lowest BCUT2D eigenvalue weighted by Crippen LogP contribution is -2.64. The molecule has 0 radical (unpaired) electrons. The summed E-state index contributed by atoms with van der Waals surface area (Å²) >= 11 is 3.45. The van der Waals surface area contributed by atoms with Gasteiger partial charge in [-0.05, 0) is 44.8 Å². The van der Waals surface area contributed by atoms with Gasteiger partial charge in [-0.3, -0.25) is 0 Å². The summed E-state index contributed by atoms with van der Waals surface area (Å²) in [4.78, 5) is 13.5. The summed E-state index contributed by atoms with van der Waals surface area (Å²) in [5, 5.41) is 0. The van der Waals surface area contributed by atoms with Crippen LogP contribution in [-0.2, 0) is 48.2 Å². The normalized spacial score (nSPS) is 24.8. The van der Waals surface area contributed by atoms with E-state index >= 15 is 0 Å². The lowest BCUT2D eigenvalue weighted by atomic mass is 9.96. The second-order valence-corrected chi connectivity index (χ2v) is 11.1. The van der Waals surface area contributed by atoms with Gasteiger partial charge in [0, 0.05) is 4.47 Å². The van der Waals surface area contributed by atoms with E-state index in [1.807, 2.05) is 97.1 Å². The van der Waals surface area contributed by atoms with E-state index in [1.165, 1.54) is 0 Å². The van der Waals surface area contributed by atoms with Crippen LogP contribution in [0.4, 0.5) is 0 Å². The van der Waals surface area contributed by atoms with Crippen molar-refractivity contribution >= 4 is 21.9 Å². The highest BCUT2D eigenvalue weighted by molar-refractivity contribution is 9.10.